The van der Waals surface area contributed by atoms with E-state index in [0.717, 1.165) is 26.5 Å². The fourth-order valence-electron chi connectivity index (χ4n) is 2.20. The molecule has 0 aliphatic rings. The van der Waals surface area contributed by atoms with Crippen LogP contribution in [0.3, 0.4) is 0 Å². The summed E-state index contributed by atoms with van der Waals surface area (Å²) in [4.78, 5) is 12.3. The number of imidazole rings is 1. The minimum atomic E-state index is -4.53. The van der Waals surface area contributed by atoms with Gasteiger partial charge in [-0.1, -0.05) is 17.4 Å². The summed E-state index contributed by atoms with van der Waals surface area (Å²) in [5, 5.41) is 8.52. The molecule has 0 N–H and O–H groups in total. The standard InChI is InChI=1S/C12H9F3N4OS.ClH/c1-6-16-17-10(21-6)19-8-5-3-4-7(12(13,14)15)9(8)18(2)11(19)20;/h3-5H,1-2H3;1H. The summed E-state index contributed by atoms with van der Waals surface area (Å²) in [5.41, 5.74) is -1.44. The Morgan fingerprint density at radius 2 is 1.91 bits per heavy atom. The van der Waals surface area contributed by atoms with Gasteiger partial charge in [-0.05, 0) is 19.1 Å². The number of hydrogen-bond donors (Lipinski definition) is 0. The number of hydrogen-bond acceptors (Lipinski definition) is 4. The number of aromatic nitrogens is 4. The van der Waals surface area contributed by atoms with Gasteiger partial charge in [0, 0.05) is 7.05 Å². The Bertz CT molecular complexity index is 896. The Morgan fingerprint density at radius 1 is 1.23 bits per heavy atom. The molecule has 0 radical (unpaired) electrons. The van der Waals surface area contributed by atoms with Crippen LogP contribution in [0, 0.1) is 6.92 Å². The van der Waals surface area contributed by atoms with Gasteiger partial charge in [0.05, 0.1) is 16.6 Å². The first-order valence-electron chi connectivity index (χ1n) is 5.89. The van der Waals surface area contributed by atoms with Crippen LogP contribution in [0.4, 0.5) is 13.2 Å². The summed E-state index contributed by atoms with van der Waals surface area (Å²) in [5.74, 6) is 0. The van der Waals surface area contributed by atoms with E-state index in [2.05, 4.69) is 10.2 Å². The molecular formula is C12H10ClF3N4OS. The maximum Gasteiger partial charge on any atom is 0.418 e. The maximum atomic E-state index is 13.1. The molecule has 0 saturated heterocycles. The Balaban J connectivity index is 0.00000176. The van der Waals surface area contributed by atoms with Crippen LogP contribution < -0.4 is 5.69 Å². The summed E-state index contributed by atoms with van der Waals surface area (Å²) < 4.78 is 41.4. The van der Waals surface area contributed by atoms with Crippen LogP contribution in [0.1, 0.15) is 10.6 Å². The first-order valence-corrected chi connectivity index (χ1v) is 6.70. The van der Waals surface area contributed by atoms with Gasteiger partial charge in [0.15, 0.2) is 0 Å². The zero-order valence-electron chi connectivity index (χ0n) is 11.4. The molecular weight excluding hydrogens is 341 g/mol. The van der Waals surface area contributed by atoms with Crippen LogP contribution in [0.5, 0.6) is 0 Å². The van der Waals surface area contributed by atoms with Gasteiger partial charge in [-0.15, -0.1) is 22.6 Å². The molecule has 0 aliphatic carbocycles. The van der Waals surface area contributed by atoms with E-state index >= 15 is 0 Å². The Labute approximate surface area is 132 Å². The van der Waals surface area contributed by atoms with Gasteiger partial charge >= 0.3 is 11.9 Å². The topological polar surface area (TPSA) is 52.7 Å². The number of nitrogens with zero attached hydrogens (tertiary/aromatic N) is 4. The molecule has 0 bridgehead atoms. The Kier molecular flexibility index (Phi) is 4.05. The predicted molar refractivity (Wildman–Crippen MR) is 79.0 cm³/mol. The van der Waals surface area contributed by atoms with Crippen molar-refractivity contribution in [2.75, 3.05) is 0 Å². The highest BCUT2D eigenvalue weighted by Crippen LogP contribution is 2.34. The number of halogens is 4. The molecule has 3 rings (SSSR count). The second-order valence-corrected chi connectivity index (χ2v) is 5.61. The van der Waals surface area contributed by atoms with Gasteiger partial charge in [-0.2, -0.15) is 13.2 Å². The minimum Gasteiger partial charge on any atom is -0.294 e. The molecule has 0 unspecified atom stereocenters. The fourth-order valence-corrected chi connectivity index (χ4v) is 2.90. The summed E-state index contributed by atoms with van der Waals surface area (Å²) in [7, 11) is 1.31. The lowest BCUT2D eigenvalue weighted by Gasteiger charge is -2.08. The van der Waals surface area contributed by atoms with Gasteiger partial charge < -0.3 is 0 Å². The quantitative estimate of drug-likeness (QED) is 0.678. The van der Waals surface area contributed by atoms with Crippen molar-refractivity contribution < 1.29 is 13.2 Å². The summed E-state index contributed by atoms with van der Waals surface area (Å²) in [6.07, 6.45) is -4.53. The summed E-state index contributed by atoms with van der Waals surface area (Å²) >= 11 is 1.14. The SMILES string of the molecule is Cc1nnc(-n2c(=O)n(C)c3c(C(F)(F)F)cccc32)s1.Cl. The normalized spacial score (nSPS) is 11.7. The lowest BCUT2D eigenvalue weighted by molar-refractivity contribution is -0.136. The summed E-state index contributed by atoms with van der Waals surface area (Å²) in [6.45, 7) is 1.71. The van der Waals surface area contributed by atoms with Crippen LogP contribution in [0.25, 0.3) is 16.2 Å². The zero-order chi connectivity index (χ0) is 15.4. The zero-order valence-corrected chi connectivity index (χ0v) is 13.0. The predicted octanol–water partition coefficient (Wildman–Crippen LogP) is 2.93. The molecule has 5 nitrogen and oxygen atoms in total. The van der Waals surface area contributed by atoms with Crippen LogP contribution in [0.15, 0.2) is 23.0 Å². The number of benzene rings is 1. The third-order valence-electron chi connectivity index (χ3n) is 3.08. The molecule has 0 atom stereocenters. The summed E-state index contributed by atoms with van der Waals surface area (Å²) in [6, 6.07) is 3.69. The van der Waals surface area contributed by atoms with Crippen LogP contribution in [-0.2, 0) is 13.2 Å². The van der Waals surface area contributed by atoms with Crippen molar-refractivity contribution in [1.29, 1.82) is 0 Å². The first-order chi connectivity index (χ1) is 9.80. The van der Waals surface area contributed by atoms with Gasteiger partial charge in [0.2, 0.25) is 5.13 Å². The van der Waals surface area contributed by atoms with Crippen LogP contribution >= 0.6 is 23.7 Å². The molecule has 10 heteroatoms. The molecule has 2 heterocycles. The minimum absolute atomic E-state index is 0. The highest BCUT2D eigenvalue weighted by atomic mass is 35.5. The number of fused-ring (bicyclic) bond motifs is 1. The highest BCUT2D eigenvalue weighted by Gasteiger charge is 2.35. The smallest absolute Gasteiger partial charge is 0.294 e. The van der Waals surface area contributed by atoms with Crippen molar-refractivity contribution >= 4 is 34.8 Å². The van der Waals surface area contributed by atoms with E-state index in [9.17, 15) is 18.0 Å². The number of rotatable bonds is 1. The van der Waals surface area contributed by atoms with E-state index in [-0.39, 0.29) is 28.6 Å². The van der Waals surface area contributed by atoms with E-state index in [1.165, 1.54) is 19.2 Å². The number of para-hydroxylation sites is 1. The average Bonchev–Trinajstić information content (AvgIpc) is 2.92. The van der Waals surface area contributed by atoms with E-state index < -0.39 is 17.4 Å². The molecule has 0 spiro atoms. The van der Waals surface area contributed by atoms with Gasteiger partial charge in [0.25, 0.3) is 0 Å². The molecule has 0 fully saturated rings. The molecule has 118 valence electrons. The third-order valence-corrected chi connectivity index (χ3v) is 3.91. The van der Waals surface area contributed by atoms with Gasteiger partial charge in [0.1, 0.15) is 5.01 Å². The molecule has 1 aromatic carbocycles. The Morgan fingerprint density at radius 3 is 2.45 bits per heavy atom. The van der Waals surface area contributed by atoms with Crippen LogP contribution in [-0.4, -0.2) is 19.3 Å². The van der Waals surface area contributed by atoms with E-state index in [1.807, 2.05) is 0 Å². The van der Waals surface area contributed by atoms with Crippen molar-refractivity contribution in [3.05, 3.63) is 39.3 Å². The van der Waals surface area contributed by atoms with Crippen molar-refractivity contribution in [2.24, 2.45) is 7.05 Å². The molecule has 0 amide bonds. The van der Waals surface area contributed by atoms with Crippen molar-refractivity contribution in [2.45, 2.75) is 13.1 Å². The average molecular weight is 351 g/mol. The largest absolute Gasteiger partial charge is 0.418 e. The maximum absolute atomic E-state index is 13.1. The van der Waals surface area contributed by atoms with E-state index in [4.69, 9.17) is 0 Å². The number of alkyl halides is 3. The molecule has 0 aliphatic heterocycles. The first kappa shape index (κ1) is 16.5. The number of aryl methyl sites for hydroxylation is 2. The monoisotopic (exact) mass is 350 g/mol. The lowest BCUT2D eigenvalue weighted by atomic mass is 10.1. The second kappa shape index (κ2) is 5.40. The highest BCUT2D eigenvalue weighted by molar-refractivity contribution is 7.13. The second-order valence-electron chi connectivity index (χ2n) is 4.45. The van der Waals surface area contributed by atoms with Crippen LogP contribution in [0.2, 0.25) is 0 Å². The van der Waals surface area contributed by atoms with E-state index in [0.29, 0.717) is 5.01 Å². The fraction of sp³-hybridized carbons (Fsp3) is 0.250. The molecule has 0 saturated carbocycles. The Hall–Kier alpha value is -1.87. The van der Waals surface area contributed by atoms with Crippen molar-refractivity contribution in [1.82, 2.24) is 19.3 Å². The molecule has 22 heavy (non-hydrogen) atoms. The van der Waals surface area contributed by atoms with Gasteiger partial charge in [-0.25, -0.2) is 9.36 Å². The lowest BCUT2D eigenvalue weighted by Crippen LogP contribution is -2.21. The van der Waals surface area contributed by atoms with Crippen molar-refractivity contribution in [3.63, 3.8) is 0 Å². The molecule has 3 aromatic rings. The third kappa shape index (κ3) is 2.40. The van der Waals surface area contributed by atoms with Crippen molar-refractivity contribution in [3.8, 4) is 5.13 Å². The van der Waals surface area contributed by atoms with Gasteiger partial charge in [-0.3, -0.25) is 4.57 Å². The van der Waals surface area contributed by atoms with E-state index in [1.54, 1.807) is 6.92 Å². The molecule has 2 aromatic heterocycles.